The van der Waals surface area contributed by atoms with Crippen LogP contribution in [0.15, 0.2) is 24.3 Å². The maximum absolute atomic E-state index is 13.1. The summed E-state index contributed by atoms with van der Waals surface area (Å²) in [4.78, 5) is 13.1. The first-order valence-corrected chi connectivity index (χ1v) is 8.78. The number of methoxy groups -OCH3 is 5. The Bertz CT molecular complexity index is 850. The van der Waals surface area contributed by atoms with Crippen molar-refractivity contribution in [3.63, 3.8) is 0 Å². The van der Waals surface area contributed by atoms with Crippen LogP contribution in [0.2, 0.25) is 0 Å². The third kappa shape index (κ3) is 3.52. The minimum Gasteiger partial charge on any atom is -0.493 e. The molecule has 1 atom stereocenters. The summed E-state index contributed by atoms with van der Waals surface area (Å²) in [5.74, 6) is 2.83. The number of carbonyl (C=O) groups excluding carboxylic acids is 1. The standard InChI is InChI=1S/C21H24O7/c1-23-16-7-12-6-14(11-28-15(12)10-17(16)24-2)20(22)13-8-18(25-3)21(27-5)19(9-13)26-4/h7-10,14H,6,11H2,1-5H3. The lowest BCUT2D eigenvalue weighted by molar-refractivity contribution is 0.0853. The fourth-order valence-corrected chi connectivity index (χ4v) is 3.34. The Morgan fingerprint density at radius 3 is 1.93 bits per heavy atom. The van der Waals surface area contributed by atoms with Crippen molar-refractivity contribution in [3.05, 3.63) is 35.4 Å². The van der Waals surface area contributed by atoms with E-state index in [-0.39, 0.29) is 18.3 Å². The number of hydrogen-bond donors (Lipinski definition) is 0. The summed E-state index contributed by atoms with van der Waals surface area (Å²) < 4.78 is 32.5. The number of Topliss-reactive ketones (excluding diaryl/α,β-unsaturated/α-hetero) is 1. The molecule has 3 rings (SSSR count). The van der Waals surface area contributed by atoms with Gasteiger partial charge in [-0.25, -0.2) is 0 Å². The molecule has 0 N–H and O–H groups in total. The Labute approximate surface area is 164 Å². The summed E-state index contributed by atoms with van der Waals surface area (Å²) in [6.07, 6.45) is 0.533. The van der Waals surface area contributed by atoms with Crippen LogP contribution in [-0.2, 0) is 6.42 Å². The Morgan fingerprint density at radius 1 is 0.821 bits per heavy atom. The Kier molecular flexibility index (Phi) is 5.82. The molecule has 0 aromatic heterocycles. The first-order valence-electron chi connectivity index (χ1n) is 8.78. The predicted molar refractivity (Wildman–Crippen MR) is 103 cm³/mol. The second-order valence-corrected chi connectivity index (χ2v) is 6.31. The number of rotatable bonds is 7. The lowest BCUT2D eigenvalue weighted by atomic mass is 9.89. The normalized spacial score (nSPS) is 15.1. The zero-order valence-electron chi connectivity index (χ0n) is 16.7. The van der Waals surface area contributed by atoms with E-state index in [0.29, 0.717) is 46.5 Å². The highest BCUT2D eigenvalue weighted by Gasteiger charge is 2.29. The molecule has 7 nitrogen and oxygen atoms in total. The van der Waals surface area contributed by atoms with Crippen LogP contribution in [0.4, 0.5) is 0 Å². The van der Waals surface area contributed by atoms with Crippen molar-refractivity contribution in [2.45, 2.75) is 6.42 Å². The van der Waals surface area contributed by atoms with Gasteiger partial charge in [0.15, 0.2) is 28.8 Å². The molecule has 0 saturated carbocycles. The first-order chi connectivity index (χ1) is 13.6. The predicted octanol–water partition coefficient (Wildman–Crippen LogP) is 3.16. The molecule has 1 aliphatic heterocycles. The summed E-state index contributed by atoms with van der Waals surface area (Å²) in [5.41, 5.74) is 1.38. The molecule has 0 saturated heterocycles. The van der Waals surface area contributed by atoms with E-state index in [2.05, 4.69) is 0 Å². The smallest absolute Gasteiger partial charge is 0.203 e. The highest BCUT2D eigenvalue weighted by Crippen LogP contribution is 2.41. The van der Waals surface area contributed by atoms with E-state index in [1.807, 2.05) is 6.07 Å². The van der Waals surface area contributed by atoms with Crippen LogP contribution in [-0.4, -0.2) is 47.9 Å². The Balaban J connectivity index is 1.91. The fraction of sp³-hybridized carbons (Fsp3) is 0.381. The minimum absolute atomic E-state index is 0.0558. The van der Waals surface area contributed by atoms with Crippen LogP contribution in [0.1, 0.15) is 15.9 Å². The van der Waals surface area contributed by atoms with Crippen LogP contribution >= 0.6 is 0 Å². The Hall–Kier alpha value is -3.09. The minimum atomic E-state index is -0.339. The topological polar surface area (TPSA) is 72.5 Å². The van der Waals surface area contributed by atoms with E-state index in [0.717, 1.165) is 5.56 Å². The molecule has 150 valence electrons. The largest absolute Gasteiger partial charge is 0.493 e. The second kappa shape index (κ2) is 8.29. The molecule has 28 heavy (non-hydrogen) atoms. The van der Waals surface area contributed by atoms with Crippen molar-refractivity contribution in [1.29, 1.82) is 0 Å². The highest BCUT2D eigenvalue weighted by molar-refractivity contribution is 5.99. The first kappa shape index (κ1) is 19.7. The highest BCUT2D eigenvalue weighted by atomic mass is 16.5. The SMILES string of the molecule is COc1cc2c(cc1OC)OCC(C(=O)c1cc(OC)c(OC)c(OC)c1)C2. The molecule has 0 fully saturated rings. The molecule has 2 aromatic carbocycles. The molecule has 0 aliphatic carbocycles. The molecule has 0 spiro atoms. The van der Waals surface area contributed by atoms with Gasteiger partial charge in [0.1, 0.15) is 5.75 Å². The molecular weight excluding hydrogens is 364 g/mol. The van der Waals surface area contributed by atoms with Crippen molar-refractivity contribution >= 4 is 5.78 Å². The average molecular weight is 388 g/mol. The van der Waals surface area contributed by atoms with Crippen molar-refractivity contribution < 1.29 is 33.2 Å². The number of ether oxygens (including phenoxy) is 6. The summed E-state index contributed by atoms with van der Waals surface area (Å²) in [6, 6.07) is 6.96. The molecule has 7 heteroatoms. The summed E-state index contributed by atoms with van der Waals surface area (Å²) in [7, 11) is 7.71. The molecular formula is C21H24O7. The summed E-state index contributed by atoms with van der Waals surface area (Å²) >= 11 is 0. The molecule has 0 radical (unpaired) electrons. The van der Waals surface area contributed by atoms with Crippen molar-refractivity contribution in [2.75, 3.05) is 42.2 Å². The number of fused-ring (bicyclic) bond motifs is 1. The summed E-state index contributed by atoms with van der Waals surface area (Å²) in [5, 5.41) is 0. The molecule has 0 bridgehead atoms. The van der Waals surface area contributed by atoms with Gasteiger partial charge in [-0.15, -0.1) is 0 Å². The molecule has 1 unspecified atom stereocenters. The van der Waals surface area contributed by atoms with Gasteiger partial charge in [-0.1, -0.05) is 0 Å². The van der Waals surface area contributed by atoms with Crippen LogP contribution in [0.5, 0.6) is 34.5 Å². The second-order valence-electron chi connectivity index (χ2n) is 6.31. The van der Waals surface area contributed by atoms with Gasteiger partial charge < -0.3 is 28.4 Å². The van der Waals surface area contributed by atoms with E-state index in [1.165, 1.54) is 21.3 Å². The maximum atomic E-state index is 13.1. The van der Waals surface area contributed by atoms with E-state index in [9.17, 15) is 4.79 Å². The number of carbonyl (C=O) groups is 1. The average Bonchev–Trinajstić information content (AvgIpc) is 2.75. The zero-order chi connectivity index (χ0) is 20.3. The number of ketones is 1. The third-order valence-electron chi connectivity index (χ3n) is 4.79. The van der Waals surface area contributed by atoms with Gasteiger partial charge in [0.05, 0.1) is 48.1 Å². The van der Waals surface area contributed by atoms with Gasteiger partial charge in [-0.05, 0) is 30.2 Å². The van der Waals surface area contributed by atoms with Gasteiger partial charge in [0, 0.05) is 11.6 Å². The van der Waals surface area contributed by atoms with E-state index in [4.69, 9.17) is 28.4 Å². The van der Waals surface area contributed by atoms with Crippen LogP contribution in [0.3, 0.4) is 0 Å². The third-order valence-corrected chi connectivity index (χ3v) is 4.79. The number of hydrogen-bond acceptors (Lipinski definition) is 7. The van der Waals surface area contributed by atoms with Crippen molar-refractivity contribution in [2.24, 2.45) is 5.92 Å². The summed E-state index contributed by atoms with van der Waals surface area (Å²) in [6.45, 7) is 0.276. The lowest BCUT2D eigenvalue weighted by Gasteiger charge is -2.26. The molecule has 1 heterocycles. The van der Waals surface area contributed by atoms with E-state index in [1.54, 1.807) is 32.4 Å². The van der Waals surface area contributed by atoms with Gasteiger partial charge >= 0.3 is 0 Å². The van der Waals surface area contributed by atoms with Crippen LogP contribution in [0.25, 0.3) is 0 Å². The van der Waals surface area contributed by atoms with E-state index >= 15 is 0 Å². The van der Waals surface area contributed by atoms with Gasteiger partial charge in [0.25, 0.3) is 0 Å². The van der Waals surface area contributed by atoms with Gasteiger partial charge in [-0.3, -0.25) is 4.79 Å². The molecule has 1 aliphatic rings. The monoisotopic (exact) mass is 388 g/mol. The zero-order valence-corrected chi connectivity index (χ0v) is 16.7. The van der Waals surface area contributed by atoms with Crippen LogP contribution < -0.4 is 28.4 Å². The maximum Gasteiger partial charge on any atom is 0.203 e. The van der Waals surface area contributed by atoms with Gasteiger partial charge in [0.2, 0.25) is 5.75 Å². The molecule has 2 aromatic rings. The number of benzene rings is 2. The quantitative estimate of drug-likeness (QED) is 0.675. The van der Waals surface area contributed by atoms with Gasteiger partial charge in [-0.2, -0.15) is 0 Å². The fourth-order valence-electron chi connectivity index (χ4n) is 3.34. The van der Waals surface area contributed by atoms with E-state index < -0.39 is 0 Å². The van der Waals surface area contributed by atoms with Crippen molar-refractivity contribution in [1.82, 2.24) is 0 Å². The Morgan fingerprint density at radius 2 is 1.39 bits per heavy atom. The molecule has 0 amide bonds. The van der Waals surface area contributed by atoms with Crippen LogP contribution in [0, 0.1) is 5.92 Å². The van der Waals surface area contributed by atoms with Crippen molar-refractivity contribution in [3.8, 4) is 34.5 Å². The lowest BCUT2D eigenvalue weighted by Crippen LogP contribution is -2.28.